The van der Waals surface area contributed by atoms with Crippen LogP contribution in [0.3, 0.4) is 0 Å². The van der Waals surface area contributed by atoms with Gasteiger partial charge in [-0.3, -0.25) is 0 Å². The molecule has 1 heteroatoms. The quantitative estimate of drug-likeness (QED) is 0.832. The van der Waals surface area contributed by atoms with Crippen LogP contribution in [0.4, 0.5) is 0 Å². The van der Waals surface area contributed by atoms with Crippen molar-refractivity contribution >= 4 is 6.08 Å². The molecule has 0 saturated carbocycles. The first-order valence-electron chi connectivity index (χ1n) is 6.77. The maximum absolute atomic E-state index is 3.50. The Morgan fingerprint density at radius 3 is 2.37 bits per heavy atom. The van der Waals surface area contributed by atoms with Crippen molar-refractivity contribution in [1.82, 2.24) is 5.32 Å². The highest BCUT2D eigenvalue weighted by atomic mass is 14.9. The van der Waals surface area contributed by atoms with E-state index in [1.807, 2.05) is 6.07 Å². The van der Waals surface area contributed by atoms with E-state index in [0.717, 1.165) is 6.54 Å². The molecule has 0 aliphatic rings. The lowest BCUT2D eigenvalue weighted by Crippen LogP contribution is -2.18. The molecule has 0 spiro atoms. The maximum Gasteiger partial charge on any atom is 0.0294 e. The number of benzene rings is 2. The zero-order valence-corrected chi connectivity index (χ0v) is 11.6. The number of hydrogen-bond donors (Lipinski definition) is 1. The molecule has 2 aromatic rings. The van der Waals surface area contributed by atoms with Crippen LogP contribution >= 0.6 is 0 Å². The van der Waals surface area contributed by atoms with Gasteiger partial charge >= 0.3 is 0 Å². The second-order valence-corrected chi connectivity index (χ2v) is 4.85. The van der Waals surface area contributed by atoms with Gasteiger partial charge in [0.15, 0.2) is 0 Å². The minimum atomic E-state index is 0.376. The largest absolute Gasteiger partial charge is 0.307 e. The SMILES string of the molecule is Cc1ccc([C@@H](C)NC/C=C/c2ccccc2)cc1. The van der Waals surface area contributed by atoms with Gasteiger partial charge in [0.1, 0.15) is 0 Å². The highest BCUT2D eigenvalue weighted by Gasteiger charge is 2.02. The Morgan fingerprint density at radius 1 is 1.00 bits per heavy atom. The van der Waals surface area contributed by atoms with Crippen molar-refractivity contribution in [3.05, 3.63) is 77.4 Å². The van der Waals surface area contributed by atoms with E-state index < -0.39 is 0 Å². The van der Waals surface area contributed by atoms with E-state index in [-0.39, 0.29) is 0 Å². The molecule has 1 nitrogen and oxygen atoms in total. The molecular weight excluding hydrogens is 230 g/mol. The van der Waals surface area contributed by atoms with Crippen LogP contribution in [0.25, 0.3) is 6.08 Å². The fraction of sp³-hybridized carbons (Fsp3) is 0.222. The molecule has 98 valence electrons. The van der Waals surface area contributed by atoms with Gasteiger partial charge in [-0.15, -0.1) is 0 Å². The molecule has 1 atom stereocenters. The third-order valence-electron chi connectivity index (χ3n) is 3.23. The van der Waals surface area contributed by atoms with Crippen LogP contribution in [-0.2, 0) is 0 Å². The highest BCUT2D eigenvalue weighted by Crippen LogP contribution is 2.12. The van der Waals surface area contributed by atoms with E-state index >= 15 is 0 Å². The van der Waals surface area contributed by atoms with Crippen molar-refractivity contribution in [2.75, 3.05) is 6.54 Å². The Hall–Kier alpha value is -1.86. The van der Waals surface area contributed by atoms with Gasteiger partial charge in [0.05, 0.1) is 0 Å². The van der Waals surface area contributed by atoms with Gasteiger partial charge in [-0.05, 0) is 25.0 Å². The fourth-order valence-corrected chi connectivity index (χ4v) is 1.98. The second kappa shape index (κ2) is 6.91. The lowest BCUT2D eigenvalue weighted by Gasteiger charge is -2.12. The van der Waals surface area contributed by atoms with Crippen LogP contribution in [0.1, 0.15) is 29.7 Å². The summed E-state index contributed by atoms with van der Waals surface area (Å²) in [6.45, 7) is 5.19. The molecule has 0 amide bonds. The monoisotopic (exact) mass is 251 g/mol. The molecule has 19 heavy (non-hydrogen) atoms. The summed E-state index contributed by atoms with van der Waals surface area (Å²) < 4.78 is 0. The van der Waals surface area contributed by atoms with Gasteiger partial charge in [0.2, 0.25) is 0 Å². The average Bonchev–Trinajstić information content (AvgIpc) is 2.45. The maximum atomic E-state index is 3.50. The van der Waals surface area contributed by atoms with Crippen LogP contribution in [0.15, 0.2) is 60.7 Å². The van der Waals surface area contributed by atoms with Crippen LogP contribution in [-0.4, -0.2) is 6.54 Å². The summed E-state index contributed by atoms with van der Waals surface area (Å²) in [5.74, 6) is 0. The molecule has 0 unspecified atom stereocenters. The summed E-state index contributed by atoms with van der Waals surface area (Å²) in [5.41, 5.74) is 3.88. The predicted octanol–water partition coefficient (Wildman–Crippen LogP) is 4.36. The fourth-order valence-electron chi connectivity index (χ4n) is 1.98. The molecule has 0 aliphatic heterocycles. The van der Waals surface area contributed by atoms with Gasteiger partial charge in [-0.25, -0.2) is 0 Å². The second-order valence-electron chi connectivity index (χ2n) is 4.85. The summed E-state index contributed by atoms with van der Waals surface area (Å²) in [6, 6.07) is 19.4. The van der Waals surface area contributed by atoms with Crippen molar-refractivity contribution in [1.29, 1.82) is 0 Å². The van der Waals surface area contributed by atoms with Gasteiger partial charge in [0, 0.05) is 12.6 Å². The third kappa shape index (κ3) is 4.38. The van der Waals surface area contributed by atoms with Crippen LogP contribution in [0.5, 0.6) is 0 Å². The Bertz CT molecular complexity index is 511. The highest BCUT2D eigenvalue weighted by molar-refractivity contribution is 5.48. The lowest BCUT2D eigenvalue weighted by atomic mass is 10.1. The normalized spacial score (nSPS) is 12.7. The molecule has 0 bridgehead atoms. The Kier molecular flexibility index (Phi) is 4.93. The molecule has 0 saturated heterocycles. The number of hydrogen-bond acceptors (Lipinski definition) is 1. The van der Waals surface area contributed by atoms with E-state index in [2.05, 4.69) is 79.8 Å². The average molecular weight is 251 g/mol. The Morgan fingerprint density at radius 2 is 1.68 bits per heavy atom. The summed E-state index contributed by atoms with van der Waals surface area (Å²) in [7, 11) is 0. The summed E-state index contributed by atoms with van der Waals surface area (Å²) in [5, 5.41) is 3.50. The van der Waals surface area contributed by atoms with Crippen molar-refractivity contribution in [3.63, 3.8) is 0 Å². The number of nitrogens with one attached hydrogen (secondary N) is 1. The minimum Gasteiger partial charge on any atom is -0.307 e. The first-order chi connectivity index (χ1) is 9.25. The van der Waals surface area contributed by atoms with Crippen LogP contribution in [0.2, 0.25) is 0 Å². The summed E-state index contributed by atoms with van der Waals surface area (Å²) in [4.78, 5) is 0. The third-order valence-corrected chi connectivity index (χ3v) is 3.23. The van der Waals surface area contributed by atoms with E-state index in [1.165, 1.54) is 16.7 Å². The van der Waals surface area contributed by atoms with E-state index in [4.69, 9.17) is 0 Å². The lowest BCUT2D eigenvalue weighted by molar-refractivity contribution is 0.618. The zero-order chi connectivity index (χ0) is 13.5. The zero-order valence-electron chi connectivity index (χ0n) is 11.6. The molecule has 0 radical (unpaired) electrons. The molecular formula is C18H21N. The van der Waals surface area contributed by atoms with E-state index in [9.17, 15) is 0 Å². The smallest absolute Gasteiger partial charge is 0.0294 e. The number of rotatable bonds is 5. The van der Waals surface area contributed by atoms with Gasteiger partial charge in [0.25, 0.3) is 0 Å². The van der Waals surface area contributed by atoms with E-state index in [1.54, 1.807) is 0 Å². The molecule has 0 fully saturated rings. The molecule has 1 N–H and O–H groups in total. The van der Waals surface area contributed by atoms with Crippen molar-refractivity contribution in [2.24, 2.45) is 0 Å². The van der Waals surface area contributed by atoms with Crippen LogP contribution < -0.4 is 5.32 Å². The predicted molar refractivity (Wildman–Crippen MR) is 83.1 cm³/mol. The topological polar surface area (TPSA) is 12.0 Å². The first-order valence-corrected chi connectivity index (χ1v) is 6.77. The first kappa shape index (κ1) is 13.6. The van der Waals surface area contributed by atoms with Crippen molar-refractivity contribution in [3.8, 4) is 0 Å². The van der Waals surface area contributed by atoms with Crippen molar-refractivity contribution in [2.45, 2.75) is 19.9 Å². The standard InChI is InChI=1S/C18H21N/c1-15-10-12-18(13-11-15)16(2)19-14-6-9-17-7-4-3-5-8-17/h3-13,16,19H,14H2,1-2H3/b9-6+/t16-/m1/s1. The molecule has 2 aromatic carbocycles. The van der Waals surface area contributed by atoms with Gasteiger partial charge < -0.3 is 5.32 Å². The molecule has 0 aromatic heterocycles. The van der Waals surface area contributed by atoms with Gasteiger partial charge in [-0.2, -0.15) is 0 Å². The Balaban J connectivity index is 1.82. The minimum absolute atomic E-state index is 0.376. The molecule has 0 aliphatic carbocycles. The molecule has 2 rings (SSSR count). The summed E-state index contributed by atoms with van der Waals surface area (Å²) in [6.07, 6.45) is 4.31. The van der Waals surface area contributed by atoms with Crippen molar-refractivity contribution < 1.29 is 0 Å². The Labute approximate surface area is 116 Å². The van der Waals surface area contributed by atoms with Gasteiger partial charge in [-0.1, -0.05) is 72.3 Å². The van der Waals surface area contributed by atoms with E-state index in [0.29, 0.717) is 6.04 Å². The summed E-state index contributed by atoms with van der Waals surface area (Å²) >= 11 is 0. The number of aryl methyl sites for hydroxylation is 1. The van der Waals surface area contributed by atoms with Crippen LogP contribution in [0, 0.1) is 6.92 Å². The molecule has 0 heterocycles.